The first kappa shape index (κ1) is 11.0. The van der Waals surface area contributed by atoms with Crippen LogP contribution in [0.4, 0.5) is 8.78 Å². The van der Waals surface area contributed by atoms with E-state index >= 15 is 0 Å². The van der Waals surface area contributed by atoms with Crippen molar-refractivity contribution in [2.24, 2.45) is 11.3 Å². The number of hydrogen-bond acceptors (Lipinski definition) is 2. The molecule has 2 fully saturated rings. The molecule has 1 unspecified atom stereocenters. The summed E-state index contributed by atoms with van der Waals surface area (Å²) in [5, 5.41) is 3.05. The third kappa shape index (κ3) is 2.19. The van der Waals surface area contributed by atoms with Crippen molar-refractivity contribution in [3.05, 3.63) is 0 Å². The van der Waals surface area contributed by atoms with Crippen molar-refractivity contribution in [1.29, 1.82) is 0 Å². The van der Waals surface area contributed by atoms with Crippen LogP contribution in [0, 0.1) is 11.3 Å². The molecule has 86 valence electrons. The minimum Gasteiger partial charge on any atom is -0.315 e. The van der Waals surface area contributed by atoms with E-state index in [9.17, 15) is 13.6 Å². The first-order chi connectivity index (χ1) is 6.91. The molecule has 2 aliphatic rings. The molecular weight excluding hydrogens is 200 g/mol. The minimum atomic E-state index is -2.52. The molecule has 0 amide bonds. The van der Waals surface area contributed by atoms with Gasteiger partial charge in [0.05, 0.1) is 5.41 Å². The van der Waals surface area contributed by atoms with Gasteiger partial charge < -0.3 is 5.32 Å². The van der Waals surface area contributed by atoms with Crippen LogP contribution in [-0.4, -0.2) is 24.8 Å². The Bertz CT molecular complexity index is 274. The Morgan fingerprint density at radius 3 is 2.53 bits per heavy atom. The van der Waals surface area contributed by atoms with E-state index in [1.54, 1.807) is 0 Å². The fourth-order valence-electron chi connectivity index (χ4n) is 2.42. The number of Topliss-reactive ketones (excluding diaryl/α,β-unsaturated/α-hetero) is 1. The van der Waals surface area contributed by atoms with Crippen molar-refractivity contribution in [3.8, 4) is 0 Å². The third-order valence-corrected chi connectivity index (χ3v) is 3.68. The summed E-state index contributed by atoms with van der Waals surface area (Å²) in [6, 6.07) is 0. The zero-order chi connectivity index (χ0) is 11.1. The molecule has 0 spiro atoms. The molecule has 1 saturated carbocycles. The number of carbonyl (C=O) groups is 1. The lowest BCUT2D eigenvalue weighted by Crippen LogP contribution is -2.56. The van der Waals surface area contributed by atoms with Crippen LogP contribution in [0.25, 0.3) is 0 Å². The van der Waals surface area contributed by atoms with E-state index in [0.717, 1.165) is 0 Å². The molecule has 1 N–H and O–H groups in total. The van der Waals surface area contributed by atoms with E-state index < -0.39 is 5.92 Å². The highest BCUT2D eigenvalue weighted by Crippen LogP contribution is 2.41. The molecular formula is C11H17F2NO. The van der Waals surface area contributed by atoms with Crippen LogP contribution in [0.3, 0.4) is 0 Å². The molecule has 4 heteroatoms. The number of ketones is 1. The molecule has 1 saturated heterocycles. The van der Waals surface area contributed by atoms with Gasteiger partial charge in [-0.1, -0.05) is 6.92 Å². The highest BCUT2D eigenvalue weighted by Gasteiger charge is 2.44. The molecule has 0 aromatic carbocycles. The van der Waals surface area contributed by atoms with Gasteiger partial charge in [0.15, 0.2) is 0 Å². The van der Waals surface area contributed by atoms with Gasteiger partial charge in [0, 0.05) is 32.4 Å². The van der Waals surface area contributed by atoms with Crippen LogP contribution >= 0.6 is 0 Å². The van der Waals surface area contributed by atoms with Crippen molar-refractivity contribution in [2.75, 3.05) is 13.1 Å². The van der Waals surface area contributed by atoms with E-state index in [4.69, 9.17) is 0 Å². The predicted octanol–water partition coefficient (Wildman–Crippen LogP) is 1.99. The Hall–Kier alpha value is -0.510. The average molecular weight is 217 g/mol. The van der Waals surface area contributed by atoms with Crippen LogP contribution < -0.4 is 5.32 Å². The maximum Gasteiger partial charge on any atom is 0.248 e. The second-order valence-corrected chi connectivity index (χ2v) is 5.26. The SMILES string of the molecule is CC1(C(=O)CC2CCC(F)(F)C2)CNC1. The quantitative estimate of drug-likeness (QED) is 0.783. The van der Waals surface area contributed by atoms with Crippen LogP contribution in [-0.2, 0) is 4.79 Å². The molecule has 0 aromatic heterocycles. The van der Waals surface area contributed by atoms with E-state index in [0.29, 0.717) is 25.9 Å². The second kappa shape index (κ2) is 3.51. The Morgan fingerprint density at radius 1 is 1.47 bits per heavy atom. The fourth-order valence-corrected chi connectivity index (χ4v) is 2.42. The van der Waals surface area contributed by atoms with Crippen LogP contribution in [0.15, 0.2) is 0 Å². The van der Waals surface area contributed by atoms with E-state index in [1.165, 1.54) is 0 Å². The number of halogens is 2. The van der Waals surface area contributed by atoms with E-state index in [1.807, 2.05) is 6.92 Å². The van der Waals surface area contributed by atoms with Crippen molar-refractivity contribution in [1.82, 2.24) is 5.32 Å². The predicted molar refractivity (Wildman–Crippen MR) is 52.9 cm³/mol. The molecule has 1 aliphatic heterocycles. The van der Waals surface area contributed by atoms with Gasteiger partial charge in [-0.15, -0.1) is 0 Å². The lowest BCUT2D eigenvalue weighted by atomic mass is 9.76. The molecule has 1 heterocycles. The second-order valence-electron chi connectivity index (χ2n) is 5.26. The topological polar surface area (TPSA) is 29.1 Å². The maximum atomic E-state index is 12.9. The summed E-state index contributed by atoms with van der Waals surface area (Å²) in [4.78, 5) is 11.8. The number of rotatable bonds is 3. The maximum absolute atomic E-state index is 12.9. The van der Waals surface area contributed by atoms with Crippen molar-refractivity contribution >= 4 is 5.78 Å². The van der Waals surface area contributed by atoms with Crippen molar-refractivity contribution < 1.29 is 13.6 Å². The summed E-state index contributed by atoms with van der Waals surface area (Å²) in [6.07, 6.45) is 0.707. The molecule has 0 bridgehead atoms. The lowest BCUT2D eigenvalue weighted by molar-refractivity contribution is -0.131. The summed E-state index contributed by atoms with van der Waals surface area (Å²) in [6.45, 7) is 3.32. The van der Waals surface area contributed by atoms with Gasteiger partial charge in [-0.25, -0.2) is 8.78 Å². The van der Waals surface area contributed by atoms with Gasteiger partial charge in [-0.2, -0.15) is 0 Å². The molecule has 1 aliphatic carbocycles. The summed E-state index contributed by atoms with van der Waals surface area (Å²) in [5.41, 5.74) is -0.280. The summed E-state index contributed by atoms with van der Waals surface area (Å²) in [7, 11) is 0. The summed E-state index contributed by atoms with van der Waals surface area (Å²) in [5.74, 6) is -2.46. The van der Waals surface area contributed by atoms with Crippen molar-refractivity contribution in [2.45, 2.75) is 38.5 Å². The van der Waals surface area contributed by atoms with Crippen LogP contribution in [0.1, 0.15) is 32.6 Å². The van der Waals surface area contributed by atoms with E-state index in [-0.39, 0.29) is 30.0 Å². The van der Waals surface area contributed by atoms with Gasteiger partial charge >= 0.3 is 0 Å². The highest BCUT2D eigenvalue weighted by atomic mass is 19.3. The molecule has 1 atom stereocenters. The number of nitrogens with one attached hydrogen (secondary N) is 1. The Morgan fingerprint density at radius 2 is 2.13 bits per heavy atom. The van der Waals surface area contributed by atoms with Gasteiger partial charge in [0.25, 0.3) is 0 Å². The minimum absolute atomic E-state index is 0.0418. The number of alkyl halides is 2. The van der Waals surface area contributed by atoms with Crippen LogP contribution in [0.2, 0.25) is 0 Å². The zero-order valence-corrected chi connectivity index (χ0v) is 8.98. The van der Waals surface area contributed by atoms with Gasteiger partial charge in [-0.05, 0) is 12.3 Å². The Balaban J connectivity index is 1.85. The Labute approximate surface area is 88.4 Å². The first-order valence-corrected chi connectivity index (χ1v) is 5.53. The summed E-state index contributed by atoms with van der Waals surface area (Å²) >= 11 is 0. The largest absolute Gasteiger partial charge is 0.315 e. The third-order valence-electron chi connectivity index (χ3n) is 3.68. The standard InChI is InChI=1S/C11H17F2NO/c1-10(6-14-7-10)9(15)4-8-2-3-11(12,13)5-8/h8,14H,2-7H2,1H3. The van der Waals surface area contributed by atoms with Gasteiger partial charge in [0.2, 0.25) is 5.92 Å². The smallest absolute Gasteiger partial charge is 0.248 e. The normalized spacial score (nSPS) is 32.3. The fraction of sp³-hybridized carbons (Fsp3) is 0.909. The van der Waals surface area contributed by atoms with Crippen LogP contribution in [0.5, 0.6) is 0 Å². The Kier molecular flexibility index (Phi) is 2.57. The molecule has 2 rings (SSSR count). The molecule has 0 aromatic rings. The highest BCUT2D eigenvalue weighted by molar-refractivity contribution is 5.86. The molecule has 15 heavy (non-hydrogen) atoms. The van der Waals surface area contributed by atoms with E-state index in [2.05, 4.69) is 5.32 Å². The first-order valence-electron chi connectivity index (χ1n) is 5.53. The van der Waals surface area contributed by atoms with Crippen molar-refractivity contribution in [3.63, 3.8) is 0 Å². The molecule has 0 radical (unpaired) electrons. The summed E-state index contributed by atoms with van der Waals surface area (Å²) < 4.78 is 25.8. The monoisotopic (exact) mass is 217 g/mol. The zero-order valence-electron chi connectivity index (χ0n) is 8.98. The molecule has 2 nitrogen and oxygen atoms in total. The number of hydrogen-bond donors (Lipinski definition) is 1. The van der Waals surface area contributed by atoms with Gasteiger partial charge in [0.1, 0.15) is 5.78 Å². The van der Waals surface area contributed by atoms with Gasteiger partial charge in [-0.3, -0.25) is 4.79 Å². The average Bonchev–Trinajstić information content (AvgIpc) is 2.41. The lowest BCUT2D eigenvalue weighted by Gasteiger charge is -2.38. The number of carbonyl (C=O) groups excluding carboxylic acids is 1.